The molecule has 0 radical (unpaired) electrons. The Labute approximate surface area is 102 Å². The Morgan fingerprint density at radius 3 is 2.65 bits per heavy atom. The summed E-state index contributed by atoms with van der Waals surface area (Å²) in [5.74, 6) is -0.483. The number of nitrogens with zero attached hydrogens (tertiary/aromatic N) is 2. The third kappa shape index (κ3) is 4.00. The number of carbonyl (C=O) groups is 2. The lowest BCUT2D eigenvalue weighted by Gasteiger charge is -2.36. The van der Waals surface area contributed by atoms with Gasteiger partial charge in [-0.3, -0.25) is 14.5 Å². The third-order valence-electron chi connectivity index (χ3n) is 3.36. The van der Waals surface area contributed by atoms with E-state index in [0.29, 0.717) is 6.54 Å². The van der Waals surface area contributed by atoms with Crippen molar-refractivity contribution in [2.75, 3.05) is 27.2 Å². The lowest BCUT2D eigenvalue weighted by atomic mass is 9.94. The van der Waals surface area contributed by atoms with Crippen LogP contribution in [0.3, 0.4) is 0 Å². The number of carbonyl (C=O) groups excluding carboxylic acids is 1. The molecule has 0 aromatic heterocycles. The third-order valence-corrected chi connectivity index (χ3v) is 3.36. The van der Waals surface area contributed by atoms with E-state index in [4.69, 9.17) is 5.11 Å². The van der Waals surface area contributed by atoms with Gasteiger partial charge in [0.25, 0.3) is 0 Å². The zero-order valence-corrected chi connectivity index (χ0v) is 10.8. The predicted octanol–water partition coefficient (Wildman–Crippen LogP) is 0.650. The smallest absolute Gasteiger partial charge is 0.303 e. The van der Waals surface area contributed by atoms with Crippen LogP contribution in [0, 0.1) is 5.92 Å². The minimum Gasteiger partial charge on any atom is -0.481 e. The van der Waals surface area contributed by atoms with Gasteiger partial charge in [0.05, 0.1) is 6.04 Å². The average molecular weight is 242 g/mol. The molecule has 1 rings (SSSR count). The summed E-state index contributed by atoms with van der Waals surface area (Å²) >= 11 is 0. The summed E-state index contributed by atoms with van der Waals surface area (Å²) in [6.07, 6.45) is 2.13. The number of piperidine rings is 1. The van der Waals surface area contributed by atoms with Gasteiger partial charge in [0, 0.05) is 27.1 Å². The van der Waals surface area contributed by atoms with E-state index in [0.717, 1.165) is 19.4 Å². The normalized spacial score (nSPS) is 23.1. The number of rotatable bonds is 4. The average Bonchev–Trinajstić information content (AvgIpc) is 2.26. The summed E-state index contributed by atoms with van der Waals surface area (Å²) in [6, 6.07) is -0.151. The first-order chi connectivity index (χ1) is 7.91. The molecule has 1 aliphatic heterocycles. The molecule has 1 amide bonds. The second-order valence-electron chi connectivity index (χ2n) is 5.01. The number of amides is 1. The zero-order chi connectivity index (χ0) is 13.0. The Balaban J connectivity index is 2.54. The van der Waals surface area contributed by atoms with Crippen molar-refractivity contribution >= 4 is 11.9 Å². The Morgan fingerprint density at radius 1 is 1.47 bits per heavy atom. The van der Waals surface area contributed by atoms with Crippen molar-refractivity contribution in [3.8, 4) is 0 Å². The van der Waals surface area contributed by atoms with E-state index >= 15 is 0 Å². The van der Waals surface area contributed by atoms with Crippen molar-refractivity contribution in [3.63, 3.8) is 0 Å². The van der Waals surface area contributed by atoms with Gasteiger partial charge in [0.2, 0.25) is 5.91 Å². The molecule has 0 aromatic carbocycles. The van der Waals surface area contributed by atoms with E-state index in [1.165, 1.54) is 0 Å². The summed E-state index contributed by atoms with van der Waals surface area (Å²) in [5.41, 5.74) is 0. The van der Waals surface area contributed by atoms with Crippen LogP contribution in [0.5, 0.6) is 0 Å². The van der Waals surface area contributed by atoms with E-state index in [2.05, 4.69) is 4.90 Å². The molecule has 1 N–H and O–H groups in total. The molecule has 2 unspecified atom stereocenters. The number of likely N-dealkylation sites (tertiary alicyclic amines) is 1. The maximum Gasteiger partial charge on any atom is 0.303 e. The lowest BCUT2D eigenvalue weighted by Crippen LogP contribution is -2.48. The number of carboxylic acids is 1. The first-order valence-corrected chi connectivity index (χ1v) is 6.08. The maximum atomic E-state index is 11.8. The standard InChI is InChI=1S/C12H22N2O3/c1-9(12(17)13(2)3)14-6-4-5-10(8-14)7-11(15)16/h9-10H,4-8H2,1-3H3,(H,15,16). The monoisotopic (exact) mass is 242 g/mol. The first-order valence-electron chi connectivity index (χ1n) is 6.08. The fourth-order valence-electron chi connectivity index (χ4n) is 2.39. The number of carboxylic acid groups (broad SMARTS) is 1. The van der Waals surface area contributed by atoms with Crippen molar-refractivity contribution < 1.29 is 14.7 Å². The summed E-state index contributed by atoms with van der Waals surface area (Å²) in [7, 11) is 3.50. The van der Waals surface area contributed by atoms with Crippen molar-refractivity contribution in [1.82, 2.24) is 9.80 Å². The van der Waals surface area contributed by atoms with Gasteiger partial charge in [-0.2, -0.15) is 0 Å². The number of likely N-dealkylation sites (N-methyl/N-ethyl adjacent to an activating group) is 1. The topological polar surface area (TPSA) is 60.9 Å². The number of hydrogen-bond acceptors (Lipinski definition) is 3. The number of aliphatic carboxylic acids is 1. The molecule has 5 heteroatoms. The van der Waals surface area contributed by atoms with E-state index in [9.17, 15) is 9.59 Å². The molecule has 0 aromatic rings. The highest BCUT2D eigenvalue weighted by molar-refractivity contribution is 5.80. The van der Waals surface area contributed by atoms with Gasteiger partial charge in [-0.15, -0.1) is 0 Å². The van der Waals surface area contributed by atoms with Gasteiger partial charge < -0.3 is 10.0 Å². The van der Waals surface area contributed by atoms with Gasteiger partial charge in [0.15, 0.2) is 0 Å². The van der Waals surface area contributed by atoms with Gasteiger partial charge in [0.1, 0.15) is 0 Å². The molecule has 0 bridgehead atoms. The molecule has 5 nitrogen and oxygen atoms in total. The van der Waals surface area contributed by atoms with Crippen molar-refractivity contribution in [3.05, 3.63) is 0 Å². The summed E-state index contributed by atoms with van der Waals surface area (Å²) < 4.78 is 0. The van der Waals surface area contributed by atoms with Gasteiger partial charge in [-0.05, 0) is 32.2 Å². The van der Waals surface area contributed by atoms with Crippen LogP contribution in [0.1, 0.15) is 26.2 Å². The zero-order valence-electron chi connectivity index (χ0n) is 10.8. The summed E-state index contributed by atoms with van der Waals surface area (Å²) in [5, 5.41) is 8.79. The van der Waals surface area contributed by atoms with Crippen LogP contribution in [0.25, 0.3) is 0 Å². The van der Waals surface area contributed by atoms with Crippen LogP contribution in [-0.2, 0) is 9.59 Å². The van der Waals surface area contributed by atoms with E-state index in [1.807, 2.05) is 6.92 Å². The molecule has 1 aliphatic rings. The molecule has 0 aliphatic carbocycles. The predicted molar refractivity (Wildman–Crippen MR) is 64.7 cm³/mol. The Hall–Kier alpha value is -1.10. The van der Waals surface area contributed by atoms with Crippen molar-refractivity contribution in [2.45, 2.75) is 32.2 Å². The molecular weight excluding hydrogens is 220 g/mol. The minimum atomic E-state index is -0.747. The molecule has 1 saturated heterocycles. The summed E-state index contributed by atoms with van der Waals surface area (Å²) in [6.45, 7) is 3.50. The van der Waals surface area contributed by atoms with Crippen LogP contribution in [-0.4, -0.2) is 60.0 Å². The van der Waals surface area contributed by atoms with Crippen molar-refractivity contribution in [2.24, 2.45) is 5.92 Å². The first kappa shape index (κ1) is 14.0. The largest absolute Gasteiger partial charge is 0.481 e. The molecular formula is C12H22N2O3. The number of hydrogen-bond donors (Lipinski definition) is 1. The Morgan fingerprint density at radius 2 is 2.12 bits per heavy atom. The highest BCUT2D eigenvalue weighted by Gasteiger charge is 2.28. The van der Waals surface area contributed by atoms with E-state index in [1.54, 1.807) is 19.0 Å². The molecule has 0 spiro atoms. The molecule has 2 atom stereocenters. The highest BCUT2D eigenvalue weighted by Crippen LogP contribution is 2.21. The maximum absolute atomic E-state index is 11.8. The van der Waals surface area contributed by atoms with E-state index < -0.39 is 5.97 Å². The second kappa shape index (κ2) is 6.00. The van der Waals surface area contributed by atoms with Crippen LogP contribution in [0.4, 0.5) is 0 Å². The highest BCUT2D eigenvalue weighted by atomic mass is 16.4. The van der Waals surface area contributed by atoms with Gasteiger partial charge >= 0.3 is 5.97 Å². The molecule has 1 fully saturated rings. The summed E-state index contributed by atoms with van der Waals surface area (Å²) in [4.78, 5) is 26.2. The Bertz CT molecular complexity index is 291. The SMILES string of the molecule is CC(C(=O)N(C)C)N1CCCC(CC(=O)O)C1. The second-order valence-corrected chi connectivity index (χ2v) is 5.01. The van der Waals surface area contributed by atoms with E-state index in [-0.39, 0.29) is 24.3 Å². The van der Waals surface area contributed by atoms with Gasteiger partial charge in [-0.25, -0.2) is 0 Å². The Kier molecular flexibility index (Phi) is 4.93. The molecule has 1 heterocycles. The molecule has 98 valence electrons. The van der Waals surface area contributed by atoms with Crippen LogP contribution in [0.15, 0.2) is 0 Å². The van der Waals surface area contributed by atoms with Crippen LogP contribution < -0.4 is 0 Å². The lowest BCUT2D eigenvalue weighted by molar-refractivity contribution is -0.138. The van der Waals surface area contributed by atoms with Gasteiger partial charge in [-0.1, -0.05) is 0 Å². The molecule has 17 heavy (non-hydrogen) atoms. The van der Waals surface area contributed by atoms with Crippen LogP contribution in [0.2, 0.25) is 0 Å². The quantitative estimate of drug-likeness (QED) is 0.786. The van der Waals surface area contributed by atoms with Crippen molar-refractivity contribution in [1.29, 1.82) is 0 Å². The minimum absolute atomic E-state index is 0.0842. The molecule has 0 saturated carbocycles. The van der Waals surface area contributed by atoms with Crippen LogP contribution >= 0.6 is 0 Å². The fourth-order valence-corrected chi connectivity index (χ4v) is 2.39. The fraction of sp³-hybridized carbons (Fsp3) is 0.833.